The van der Waals surface area contributed by atoms with Crippen LogP contribution in [0.5, 0.6) is 0 Å². The summed E-state index contributed by atoms with van der Waals surface area (Å²) in [5, 5.41) is 0.505. The second-order valence-corrected chi connectivity index (χ2v) is 6.73. The number of carbonyl (C=O) groups is 1. The molecule has 1 aliphatic rings. The first-order valence-electron chi connectivity index (χ1n) is 6.78. The Morgan fingerprint density at radius 1 is 1.47 bits per heavy atom. The van der Waals surface area contributed by atoms with Crippen molar-refractivity contribution in [3.05, 3.63) is 29.8 Å². The van der Waals surface area contributed by atoms with Crippen molar-refractivity contribution < 1.29 is 4.79 Å². The monoisotopic (exact) mass is 278 g/mol. The van der Waals surface area contributed by atoms with Crippen LogP contribution in [0.3, 0.4) is 0 Å². The number of hydrogen-bond acceptors (Lipinski definition) is 3. The average molecular weight is 278 g/mol. The third kappa shape index (κ3) is 3.06. The molecule has 104 valence electrons. The molecule has 1 heterocycles. The van der Waals surface area contributed by atoms with E-state index >= 15 is 0 Å². The fourth-order valence-corrected chi connectivity index (χ4v) is 3.56. The molecule has 0 aliphatic carbocycles. The molecule has 1 aromatic rings. The highest BCUT2D eigenvalue weighted by Crippen LogP contribution is 2.28. The molecule has 0 saturated carbocycles. The average Bonchev–Trinajstić information content (AvgIpc) is 2.40. The third-order valence-electron chi connectivity index (χ3n) is 3.95. The lowest BCUT2D eigenvalue weighted by Crippen LogP contribution is -2.49. The van der Waals surface area contributed by atoms with Gasteiger partial charge in [-0.05, 0) is 31.5 Å². The van der Waals surface area contributed by atoms with E-state index in [-0.39, 0.29) is 11.8 Å². The molecule has 2 rings (SSSR count). The van der Waals surface area contributed by atoms with Crippen LogP contribution < -0.4 is 5.73 Å². The smallest absolute Gasteiger partial charge is 0.230 e. The van der Waals surface area contributed by atoms with Gasteiger partial charge in [0.05, 0.1) is 5.92 Å². The summed E-state index contributed by atoms with van der Waals surface area (Å²) in [6.07, 6.45) is 0. The summed E-state index contributed by atoms with van der Waals surface area (Å²) in [5.41, 5.74) is 7.51. The molecular weight excluding hydrogens is 256 g/mol. The number of nitrogens with zero attached hydrogens (tertiary/aromatic N) is 1. The zero-order valence-electron chi connectivity index (χ0n) is 11.8. The molecule has 0 bridgehead atoms. The predicted molar refractivity (Wildman–Crippen MR) is 82.4 cm³/mol. The summed E-state index contributed by atoms with van der Waals surface area (Å²) in [6, 6.07) is 7.94. The number of nitrogens with two attached hydrogens (primary N) is 1. The molecule has 19 heavy (non-hydrogen) atoms. The highest BCUT2D eigenvalue weighted by Gasteiger charge is 2.31. The van der Waals surface area contributed by atoms with E-state index in [0.29, 0.717) is 17.0 Å². The summed E-state index contributed by atoms with van der Waals surface area (Å²) >= 11 is 1.94. The lowest BCUT2D eigenvalue weighted by Gasteiger charge is -2.39. The van der Waals surface area contributed by atoms with Crippen LogP contribution in [-0.2, 0) is 4.79 Å². The number of benzene rings is 1. The van der Waals surface area contributed by atoms with Gasteiger partial charge in [-0.25, -0.2) is 0 Å². The second-order valence-electron chi connectivity index (χ2n) is 5.24. The summed E-state index contributed by atoms with van der Waals surface area (Å²) < 4.78 is 0. The number of amides is 1. The van der Waals surface area contributed by atoms with Crippen LogP contribution in [0.15, 0.2) is 24.3 Å². The van der Waals surface area contributed by atoms with Gasteiger partial charge < -0.3 is 10.6 Å². The zero-order chi connectivity index (χ0) is 14.0. The number of rotatable bonds is 2. The molecule has 2 N–H and O–H groups in total. The maximum atomic E-state index is 12.6. The van der Waals surface area contributed by atoms with Crippen molar-refractivity contribution in [2.75, 3.05) is 18.0 Å². The molecule has 3 atom stereocenters. The molecule has 3 unspecified atom stereocenters. The third-order valence-corrected chi connectivity index (χ3v) is 5.29. The van der Waals surface area contributed by atoms with Crippen LogP contribution in [0.1, 0.15) is 32.3 Å². The Morgan fingerprint density at radius 2 is 2.21 bits per heavy atom. The number of thioether (sulfide) groups is 1. The number of nitrogen functional groups attached to an aromatic ring is 1. The SMILES string of the molecule is CC(C(=O)N1CCSC(C)C1C)c1cccc(N)c1. The van der Waals surface area contributed by atoms with Crippen LogP contribution in [0.25, 0.3) is 0 Å². The van der Waals surface area contributed by atoms with Gasteiger partial charge in [-0.2, -0.15) is 11.8 Å². The topological polar surface area (TPSA) is 46.3 Å². The Balaban J connectivity index is 2.14. The summed E-state index contributed by atoms with van der Waals surface area (Å²) in [6.45, 7) is 7.15. The predicted octanol–water partition coefficient (Wildman–Crippen LogP) is 2.72. The van der Waals surface area contributed by atoms with Crippen LogP contribution in [0.4, 0.5) is 5.69 Å². The van der Waals surface area contributed by atoms with Gasteiger partial charge in [-0.15, -0.1) is 0 Å². The van der Waals surface area contributed by atoms with Gasteiger partial charge in [0.15, 0.2) is 0 Å². The first-order valence-corrected chi connectivity index (χ1v) is 7.83. The van der Waals surface area contributed by atoms with Gasteiger partial charge in [0.25, 0.3) is 0 Å². The van der Waals surface area contributed by atoms with Crippen LogP contribution in [0.2, 0.25) is 0 Å². The highest BCUT2D eigenvalue weighted by atomic mass is 32.2. The first kappa shape index (κ1) is 14.3. The van der Waals surface area contributed by atoms with E-state index in [4.69, 9.17) is 5.73 Å². The van der Waals surface area contributed by atoms with Gasteiger partial charge in [-0.3, -0.25) is 4.79 Å². The molecular formula is C15H22N2OS. The molecule has 1 fully saturated rings. The summed E-state index contributed by atoms with van der Waals surface area (Å²) in [7, 11) is 0. The van der Waals surface area contributed by atoms with Crippen molar-refractivity contribution in [3.63, 3.8) is 0 Å². The first-order chi connectivity index (χ1) is 9.00. The van der Waals surface area contributed by atoms with E-state index < -0.39 is 0 Å². The quantitative estimate of drug-likeness (QED) is 0.846. The Hall–Kier alpha value is -1.16. The van der Waals surface area contributed by atoms with Crippen molar-refractivity contribution >= 4 is 23.4 Å². The number of hydrogen-bond donors (Lipinski definition) is 1. The molecule has 0 spiro atoms. The maximum Gasteiger partial charge on any atom is 0.230 e. The number of anilines is 1. The van der Waals surface area contributed by atoms with E-state index in [1.54, 1.807) is 0 Å². The van der Waals surface area contributed by atoms with Crippen molar-refractivity contribution in [2.45, 2.75) is 38.0 Å². The van der Waals surface area contributed by atoms with E-state index in [1.807, 2.05) is 47.9 Å². The van der Waals surface area contributed by atoms with Gasteiger partial charge in [-0.1, -0.05) is 19.1 Å². The van der Waals surface area contributed by atoms with Gasteiger partial charge >= 0.3 is 0 Å². The fraction of sp³-hybridized carbons (Fsp3) is 0.533. The van der Waals surface area contributed by atoms with Crippen LogP contribution >= 0.6 is 11.8 Å². The summed E-state index contributed by atoms with van der Waals surface area (Å²) in [4.78, 5) is 14.7. The normalized spacial score (nSPS) is 25.1. The Morgan fingerprint density at radius 3 is 2.89 bits per heavy atom. The molecule has 4 heteroatoms. The largest absolute Gasteiger partial charge is 0.399 e. The minimum Gasteiger partial charge on any atom is -0.399 e. The van der Waals surface area contributed by atoms with Gasteiger partial charge in [0, 0.05) is 29.3 Å². The van der Waals surface area contributed by atoms with E-state index in [9.17, 15) is 4.79 Å². The van der Waals surface area contributed by atoms with Crippen molar-refractivity contribution in [1.29, 1.82) is 0 Å². The zero-order valence-corrected chi connectivity index (χ0v) is 12.6. The van der Waals surface area contributed by atoms with E-state index in [0.717, 1.165) is 17.9 Å². The molecule has 1 aromatic carbocycles. The van der Waals surface area contributed by atoms with Gasteiger partial charge in [0.2, 0.25) is 5.91 Å². The minimum atomic E-state index is -0.124. The molecule has 1 aliphatic heterocycles. The summed E-state index contributed by atoms with van der Waals surface area (Å²) in [5.74, 6) is 1.12. The molecule has 0 radical (unpaired) electrons. The molecule has 0 aromatic heterocycles. The maximum absolute atomic E-state index is 12.6. The number of carbonyl (C=O) groups excluding carboxylic acids is 1. The Bertz CT molecular complexity index is 463. The fourth-order valence-electron chi connectivity index (χ4n) is 2.46. The molecule has 1 saturated heterocycles. The Labute approximate surface area is 119 Å². The molecule has 1 amide bonds. The van der Waals surface area contributed by atoms with Crippen LogP contribution in [0, 0.1) is 0 Å². The standard InChI is InChI=1S/C15H22N2OS/c1-10(13-5-4-6-14(16)9-13)15(18)17-7-8-19-12(3)11(17)2/h4-6,9-12H,7-8,16H2,1-3H3. The highest BCUT2D eigenvalue weighted by molar-refractivity contribution is 8.00. The lowest BCUT2D eigenvalue weighted by atomic mass is 9.98. The van der Waals surface area contributed by atoms with Gasteiger partial charge in [0.1, 0.15) is 0 Å². The van der Waals surface area contributed by atoms with Crippen molar-refractivity contribution in [3.8, 4) is 0 Å². The van der Waals surface area contributed by atoms with Crippen molar-refractivity contribution in [1.82, 2.24) is 4.90 Å². The van der Waals surface area contributed by atoms with Crippen molar-refractivity contribution in [2.24, 2.45) is 0 Å². The van der Waals surface area contributed by atoms with E-state index in [2.05, 4.69) is 13.8 Å². The van der Waals surface area contributed by atoms with E-state index in [1.165, 1.54) is 0 Å². The Kier molecular flexibility index (Phi) is 4.40. The minimum absolute atomic E-state index is 0.124. The molecule has 3 nitrogen and oxygen atoms in total. The van der Waals surface area contributed by atoms with Crippen LogP contribution in [-0.4, -0.2) is 34.4 Å². The second kappa shape index (κ2) is 5.87. The lowest BCUT2D eigenvalue weighted by molar-refractivity contribution is -0.134.